The standard InChI is InChI=1S/C25H24FN5O2S/c1-3-25(2,17-5-7-18(26)8-6-17)21-15-34-24(29-21)30-23(33)16-4-9-20(19(14-16)22(27)32)31-12-10-28-11-13-31/h1,4-9,14-15,28H,10-13H2,2H3,(H2,27,32)(H,29,30,33). The number of hydrogen-bond donors (Lipinski definition) is 3. The minimum atomic E-state index is -0.892. The molecule has 0 spiro atoms. The third-order valence-corrected chi connectivity index (χ3v) is 6.69. The zero-order chi connectivity index (χ0) is 24.3. The van der Waals surface area contributed by atoms with Gasteiger partial charge in [0.15, 0.2) is 5.13 Å². The molecule has 2 aromatic carbocycles. The van der Waals surface area contributed by atoms with Crippen molar-refractivity contribution >= 4 is 34.0 Å². The maximum atomic E-state index is 13.4. The van der Waals surface area contributed by atoms with Crippen molar-refractivity contribution in [3.63, 3.8) is 0 Å². The molecule has 1 aliphatic rings. The molecule has 7 nitrogen and oxygen atoms in total. The number of rotatable bonds is 6. The van der Waals surface area contributed by atoms with E-state index in [4.69, 9.17) is 12.2 Å². The first-order valence-electron chi connectivity index (χ1n) is 10.7. The van der Waals surface area contributed by atoms with Crippen molar-refractivity contribution in [2.45, 2.75) is 12.3 Å². The number of aromatic nitrogens is 1. The summed E-state index contributed by atoms with van der Waals surface area (Å²) >= 11 is 1.23. The maximum Gasteiger partial charge on any atom is 0.257 e. The van der Waals surface area contributed by atoms with Crippen molar-refractivity contribution in [3.05, 3.63) is 76.0 Å². The van der Waals surface area contributed by atoms with Crippen LogP contribution in [0.3, 0.4) is 0 Å². The van der Waals surface area contributed by atoms with Gasteiger partial charge in [0.25, 0.3) is 11.8 Å². The number of hydrogen-bond acceptors (Lipinski definition) is 6. The van der Waals surface area contributed by atoms with Crippen molar-refractivity contribution in [3.8, 4) is 12.3 Å². The van der Waals surface area contributed by atoms with Gasteiger partial charge in [-0.05, 0) is 42.8 Å². The Kier molecular flexibility index (Phi) is 6.63. The number of anilines is 2. The summed E-state index contributed by atoms with van der Waals surface area (Å²) in [4.78, 5) is 31.6. The number of thiazole rings is 1. The Labute approximate surface area is 201 Å². The normalized spacial score (nSPS) is 15.3. The first-order chi connectivity index (χ1) is 16.3. The monoisotopic (exact) mass is 477 g/mol. The summed E-state index contributed by atoms with van der Waals surface area (Å²) in [7, 11) is 0. The molecule has 0 aliphatic carbocycles. The number of terminal acetylenes is 1. The number of nitrogens with zero attached hydrogens (tertiary/aromatic N) is 2. The summed E-state index contributed by atoms with van der Waals surface area (Å²) in [6, 6.07) is 10.9. The lowest BCUT2D eigenvalue weighted by molar-refractivity contribution is 0.100. The molecule has 0 saturated carbocycles. The van der Waals surface area contributed by atoms with Crippen LogP contribution in [0.2, 0.25) is 0 Å². The van der Waals surface area contributed by atoms with E-state index in [9.17, 15) is 14.0 Å². The van der Waals surface area contributed by atoms with Crippen LogP contribution >= 0.6 is 11.3 Å². The largest absolute Gasteiger partial charge is 0.368 e. The van der Waals surface area contributed by atoms with Gasteiger partial charge in [-0.3, -0.25) is 14.9 Å². The van der Waals surface area contributed by atoms with Crippen LogP contribution in [-0.4, -0.2) is 43.0 Å². The van der Waals surface area contributed by atoms with Crippen LogP contribution in [0, 0.1) is 18.2 Å². The van der Waals surface area contributed by atoms with Crippen LogP contribution in [0.15, 0.2) is 47.8 Å². The van der Waals surface area contributed by atoms with E-state index in [2.05, 4.69) is 26.4 Å². The lowest BCUT2D eigenvalue weighted by atomic mass is 9.81. The van der Waals surface area contributed by atoms with Crippen LogP contribution in [0.1, 0.15) is 38.9 Å². The third-order valence-electron chi connectivity index (χ3n) is 5.93. The van der Waals surface area contributed by atoms with Gasteiger partial charge in [0.2, 0.25) is 0 Å². The van der Waals surface area contributed by atoms with Gasteiger partial charge in [0.1, 0.15) is 5.82 Å². The highest BCUT2D eigenvalue weighted by molar-refractivity contribution is 7.14. The predicted octanol–water partition coefficient (Wildman–Crippen LogP) is 2.98. The van der Waals surface area contributed by atoms with E-state index in [1.54, 1.807) is 29.6 Å². The topological polar surface area (TPSA) is 100 Å². The maximum absolute atomic E-state index is 13.4. The lowest BCUT2D eigenvalue weighted by Crippen LogP contribution is -2.44. The van der Waals surface area contributed by atoms with Crippen LogP contribution in [0.25, 0.3) is 0 Å². The van der Waals surface area contributed by atoms with Crippen molar-refractivity contribution in [2.75, 3.05) is 36.4 Å². The third kappa shape index (κ3) is 4.64. The van der Waals surface area contributed by atoms with Gasteiger partial charge < -0.3 is 16.0 Å². The Balaban J connectivity index is 1.55. The number of amides is 2. The highest BCUT2D eigenvalue weighted by atomic mass is 32.1. The van der Waals surface area contributed by atoms with E-state index >= 15 is 0 Å². The molecule has 1 atom stereocenters. The molecule has 34 heavy (non-hydrogen) atoms. The first kappa shape index (κ1) is 23.4. The molecule has 1 unspecified atom stereocenters. The first-order valence-corrected chi connectivity index (χ1v) is 11.6. The number of carbonyl (C=O) groups excluding carboxylic acids is 2. The van der Waals surface area contributed by atoms with Crippen LogP contribution < -0.4 is 21.3 Å². The molecule has 3 aromatic rings. The molecule has 1 aromatic heterocycles. The minimum Gasteiger partial charge on any atom is -0.368 e. The molecule has 2 amide bonds. The van der Waals surface area contributed by atoms with Gasteiger partial charge >= 0.3 is 0 Å². The lowest BCUT2D eigenvalue weighted by Gasteiger charge is -2.30. The van der Waals surface area contributed by atoms with Gasteiger partial charge in [-0.25, -0.2) is 9.37 Å². The van der Waals surface area contributed by atoms with Crippen molar-refractivity contribution in [2.24, 2.45) is 5.73 Å². The summed E-state index contributed by atoms with van der Waals surface area (Å²) in [5.41, 5.74) is 7.30. The van der Waals surface area contributed by atoms with Crippen LogP contribution in [-0.2, 0) is 5.41 Å². The molecule has 2 heterocycles. The van der Waals surface area contributed by atoms with Crippen LogP contribution in [0.4, 0.5) is 15.2 Å². The average Bonchev–Trinajstić information content (AvgIpc) is 3.33. The van der Waals surface area contributed by atoms with Crippen molar-refractivity contribution < 1.29 is 14.0 Å². The molecular weight excluding hydrogens is 453 g/mol. The second-order valence-corrected chi connectivity index (χ2v) is 8.96. The van der Waals surface area contributed by atoms with Crippen molar-refractivity contribution in [1.29, 1.82) is 0 Å². The van der Waals surface area contributed by atoms with E-state index in [1.165, 1.54) is 29.5 Å². The molecule has 4 rings (SSSR count). The van der Waals surface area contributed by atoms with Gasteiger partial charge in [-0.2, -0.15) is 0 Å². The Morgan fingerprint density at radius 1 is 1.24 bits per heavy atom. The Bertz CT molecular complexity index is 1260. The second-order valence-electron chi connectivity index (χ2n) is 8.10. The molecule has 174 valence electrons. The molecule has 9 heteroatoms. The molecular formula is C25H24FN5O2S. The number of piperazine rings is 1. The van der Waals surface area contributed by atoms with E-state index in [1.807, 2.05) is 6.92 Å². The molecule has 1 fully saturated rings. The molecule has 1 saturated heterocycles. The van der Waals surface area contributed by atoms with Gasteiger partial charge in [-0.1, -0.05) is 18.1 Å². The fraction of sp³-hybridized carbons (Fsp3) is 0.240. The summed E-state index contributed by atoms with van der Waals surface area (Å²) in [6.45, 7) is 4.92. The van der Waals surface area contributed by atoms with E-state index in [0.717, 1.165) is 26.2 Å². The Morgan fingerprint density at radius 3 is 2.59 bits per heavy atom. The number of nitrogens with one attached hydrogen (secondary N) is 2. The predicted molar refractivity (Wildman–Crippen MR) is 132 cm³/mol. The number of halogens is 1. The molecule has 0 radical (unpaired) electrons. The number of primary amides is 1. The second kappa shape index (κ2) is 9.63. The zero-order valence-electron chi connectivity index (χ0n) is 18.6. The van der Waals surface area contributed by atoms with Crippen molar-refractivity contribution in [1.82, 2.24) is 10.3 Å². The Hall–Kier alpha value is -3.74. The SMILES string of the molecule is C#CC(C)(c1ccc(F)cc1)c1csc(NC(=O)c2ccc(N3CCNCC3)c(C(N)=O)c2)n1. The van der Waals surface area contributed by atoms with Crippen LogP contribution in [0.5, 0.6) is 0 Å². The minimum absolute atomic E-state index is 0.294. The summed E-state index contributed by atoms with van der Waals surface area (Å²) < 4.78 is 13.4. The Morgan fingerprint density at radius 2 is 1.94 bits per heavy atom. The van der Waals surface area contributed by atoms with E-state index < -0.39 is 17.2 Å². The smallest absolute Gasteiger partial charge is 0.257 e. The van der Waals surface area contributed by atoms with Gasteiger partial charge in [0, 0.05) is 42.8 Å². The highest BCUT2D eigenvalue weighted by Crippen LogP contribution is 2.33. The fourth-order valence-electron chi connectivity index (χ4n) is 3.87. The fourth-order valence-corrected chi connectivity index (χ4v) is 4.69. The van der Waals surface area contributed by atoms with Gasteiger partial charge in [0.05, 0.1) is 16.7 Å². The summed E-state index contributed by atoms with van der Waals surface area (Å²) in [5.74, 6) is 1.37. The molecule has 4 N–H and O–H groups in total. The number of benzene rings is 2. The van der Waals surface area contributed by atoms with E-state index in [0.29, 0.717) is 33.2 Å². The number of nitrogens with two attached hydrogens (primary N) is 1. The molecule has 1 aliphatic heterocycles. The average molecular weight is 478 g/mol. The summed E-state index contributed by atoms with van der Waals surface area (Å²) in [5, 5.41) is 8.15. The number of carbonyl (C=O) groups is 2. The van der Waals surface area contributed by atoms with E-state index in [-0.39, 0.29) is 5.82 Å². The summed E-state index contributed by atoms with van der Waals surface area (Å²) in [6.07, 6.45) is 5.81. The van der Waals surface area contributed by atoms with Gasteiger partial charge in [-0.15, -0.1) is 17.8 Å². The zero-order valence-corrected chi connectivity index (χ0v) is 19.4. The quantitative estimate of drug-likeness (QED) is 0.474. The highest BCUT2D eigenvalue weighted by Gasteiger charge is 2.30. The molecule has 0 bridgehead atoms.